The van der Waals surface area contributed by atoms with Crippen molar-refractivity contribution in [1.29, 1.82) is 0 Å². The number of hydrogen-bond acceptors (Lipinski definition) is 1. The summed E-state index contributed by atoms with van der Waals surface area (Å²) in [6, 6.07) is 0.581. The van der Waals surface area contributed by atoms with Crippen molar-refractivity contribution in [3.63, 3.8) is 0 Å². The van der Waals surface area contributed by atoms with Gasteiger partial charge in [-0.15, -0.1) is 0 Å². The van der Waals surface area contributed by atoms with E-state index < -0.39 is 23.4 Å². The highest BCUT2D eigenvalue weighted by Crippen LogP contribution is 2.05. The zero-order valence-electron chi connectivity index (χ0n) is 4.69. The first-order chi connectivity index (χ1) is 4.61. The molecule has 0 atom stereocenters. The second-order valence-corrected chi connectivity index (χ2v) is 1.65. The van der Waals surface area contributed by atoms with Gasteiger partial charge in [-0.05, 0) is 0 Å². The van der Waals surface area contributed by atoms with Crippen LogP contribution >= 0.6 is 0 Å². The minimum Gasteiger partial charge on any atom is -0.477 e. The largest absolute Gasteiger partial charge is 0.477 e. The molecule has 1 heterocycles. The fourth-order valence-corrected chi connectivity index (χ4v) is 0.519. The Balaban J connectivity index is 3.10. The van der Waals surface area contributed by atoms with E-state index in [1.165, 1.54) is 0 Å². The van der Waals surface area contributed by atoms with Gasteiger partial charge in [-0.1, -0.05) is 0 Å². The molecule has 0 saturated heterocycles. The van der Waals surface area contributed by atoms with E-state index in [4.69, 9.17) is 5.11 Å². The van der Waals surface area contributed by atoms with E-state index in [1.54, 1.807) is 4.98 Å². The Hall–Kier alpha value is -1.39. The van der Waals surface area contributed by atoms with Crippen LogP contribution in [-0.4, -0.2) is 16.1 Å². The summed E-state index contributed by atoms with van der Waals surface area (Å²) in [4.78, 5) is 11.7. The first-order valence-corrected chi connectivity index (χ1v) is 2.38. The molecule has 54 valence electrons. The van der Waals surface area contributed by atoms with Crippen LogP contribution < -0.4 is 0 Å². The van der Waals surface area contributed by atoms with E-state index in [2.05, 4.69) is 0 Å². The lowest BCUT2D eigenvalue weighted by Gasteiger charge is -1.81. The molecule has 0 amide bonds. The molecule has 0 spiro atoms. The van der Waals surface area contributed by atoms with Gasteiger partial charge in [0, 0.05) is 6.07 Å². The molecule has 0 aliphatic heterocycles. The third-order valence-electron chi connectivity index (χ3n) is 0.956. The molecule has 0 saturated carbocycles. The number of carboxylic acid groups (broad SMARTS) is 1. The summed E-state index contributed by atoms with van der Waals surface area (Å²) in [5.41, 5.74) is -0.491. The Kier molecular flexibility index (Phi) is 1.41. The number of carboxylic acids is 1. The molecule has 0 bridgehead atoms. The van der Waals surface area contributed by atoms with Crippen molar-refractivity contribution >= 4 is 5.97 Å². The topological polar surface area (TPSA) is 53.1 Å². The molecular weight excluding hydrogens is 144 g/mol. The molecule has 1 aromatic rings. The number of aromatic nitrogens is 1. The standard InChI is InChI=1S/C5H3F2NO2/c6-2-1-3(5(9)10)8-4(2)7/h1,8H,(H,9,10). The summed E-state index contributed by atoms with van der Waals surface area (Å²) < 4.78 is 24.0. The van der Waals surface area contributed by atoms with Crippen molar-refractivity contribution in [2.45, 2.75) is 0 Å². The lowest BCUT2D eigenvalue weighted by atomic mass is 10.4. The predicted molar refractivity (Wildman–Crippen MR) is 27.7 cm³/mol. The van der Waals surface area contributed by atoms with Gasteiger partial charge in [-0.2, -0.15) is 4.39 Å². The highest BCUT2D eigenvalue weighted by molar-refractivity contribution is 5.85. The van der Waals surface area contributed by atoms with Gasteiger partial charge in [0.2, 0.25) is 5.95 Å². The average Bonchev–Trinajstić information content (AvgIpc) is 2.13. The van der Waals surface area contributed by atoms with Gasteiger partial charge in [-0.25, -0.2) is 9.18 Å². The van der Waals surface area contributed by atoms with E-state index in [1.807, 2.05) is 0 Å². The SMILES string of the molecule is O=C(O)c1cc(F)c(F)[nH]1. The van der Waals surface area contributed by atoms with E-state index in [-0.39, 0.29) is 0 Å². The van der Waals surface area contributed by atoms with Gasteiger partial charge in [0.25, 0.3) is 0 Å². The van der Waals surface area contributed by atoms with E-state index >= 15 is 0 Å². The Morgan fingerprint density at radius 3 is 2.40 bits per heavy atom. The van der Waals surface area contributed by atoms with Gasteiger partial charge in [0.05, 0.1) is 0 Å². The van der Waals surface area contributed by atoms with Gasteiger partial charge in [-0.3, -0.25) is 0 Å². The van der Waals surface area contributed by atoms with Crippen molar-refractivity contribution in [2.75, 3.05) is 0 Å². The lowest BCUT2D eigenvalue weighted by molar-refractivity contribution is 0.0690. The molecule has 0 fully saturated rings. The van der Waals surface area contributed by atoms with Crippen LogP contribution in [0.4, 0.5) is 8.78 Å². The Bertz CT molecular complexity index is 249. The highest BCUT2D eigenvalue weighted by Gasteiger charge is 2.11. The maximum atomic E-state index is 12.0. The fourth-order valence-electron chi connectivity index (χ4n) is 0.519. The van der Waals surface area contributed by atoms with Crippen LogP contribution in [0.2, 0.25) is 0 Å². The van der Waals surface area contributed by atoms with Crippen molar-refractivity contribution < 1.29 is 18.7 Å². The maximum Gasteiger partial charge on any atom is 0.352 e. The molecular formula is C5H3F2NO2. The fraction of sp³-hybridized carbons (Fsp3) is 0. The van der Waals surface area contributed by atoms with E-state index in [9.17, 15) is 13.6 Å². The number of halogens is 2. The number of rotatable bonds is 1. The normalized spacial score (nSPS) is 9.80. The molecule has 1 aromatic heterocycles. The minimum absolute atomic E-state index is 0.491. The average molecular weight is 147 g/mol. The summed E-state index contributed by atoms with van der Waals surface area (Å²) in [5, 5.41) is 8.16. The number of hydrogen-bond donors (Lipinski definition) is 2. The third kappa shape index (κ3) is 0.975. The molecule has 0 unspecified atom stereocenters. The van der Waals surface area contributed by atoms with Crippen LogP contribution in [0.15, 0.2) is 6.07 Å². The first kappa shape index (κ1) is 6.73. The van der Waals surface area contributed by atoms with Gasteiger partial charge < -0.3 is 10.1 Å². The number of aromatic amines is 1. The van der Waals surface area contributed by atoms with Gasteiger partial charge >= 0.3 is 5.97 Å². The summed E-state index contributed by atoms with van der Waals surface area (Å²) in [7, 11) is 0. The van der Waals surface area contributed by atoms with Crippen LogP contribution in [0, 0.1) is 11.8 Å². The van der Waals surface area contributed by atoms with Gasteiger partial charge in [0.15, 0.2) is 5.82 Å². The quantitative estimate of drug-likeness (QED) is 0.622. The summed E-state index contributed by atoms with van der Waals surface area (Å²) in [6.07, 6.45) is 0. The molecule has 10 heavy (non-hydrogen) atoms. The Labute approximate surface area is 54.3 Å². The molecule has 0 aliphatic rings. The number of nitrogens with one attached hydrogen (secondary N) is 1. The van der Waals surface area contributed by atoms with Crippen LogP contribution in [-0.2, 0) is 0 Å². The van der Waals surface area contributed by atoms with E-state index in [0.717, 1.165) is 0 Å². The molecule has 0 radical (unpaired) electrons. The maximum absolute atomic E-state index is 12.0. The summed E-state index contributed by atoms with van der Waals surface area (Å²) in [6.45, 7) is 0. The van der Waals surface area contributed by atoms with Crippen molar-refractivity contribution in [3.8, 4) is 0 Å². The molecule has 3 nitrogen and oxygen atoms in total. The van der Waals surface area contributed by atoms with Crippen LogP contribution in [0.1, 0.15) is 10.5 Å². The zero-order valence-corrected chi connectivity index (χ0v) is 4.69. The highest BCUT2D eigenvalue weighted by atomic mass is 19.2. The Morgan fingerprint density at radius 1 is 1.60 bits per heavy atom. The molecule has 0 aromatic carbocycles. The monoisotopic (exact) mass is 147 g/mol. The van der Waals surface area contributed by atoms with E-state index in [0.29, 0.717) is 6.07 Å². The smallest absolute Gasteiger partial charge is 0.352 e. The van der Waals surface area contributed by atoms with Crippen molar-refractivity contribution in [1.82, 2.24) is 4.98 Å². The molecule has 1 rings (SSSR count). The minimum atomic E-state index is -1.39. The lowest BCUT2D eigenvalue weighted by Crippen LogP contribution is -1.95. The number of aromatic carboxylic acids is 1. The molecule has 0 aliphatic carbocycles. The van der Waals surface area contributed by atoms with Crippen LogP contribution in [0.25, 0.3) is 0 Å². The number of H-pyrrole nitrogens is 1. The van der Waals surface area contributed by atoms with Crippen molar-refractivity contribution in [3.05, 3.63) is 23.5 Å². The summed E-state index contributed by atoms with van der Waals surface area (Å²) in [5.74, 6) is -3.82. The van der Waals surface area contributed by atoms with Crippen LogP contribution in [0.5, 0.6) is 0 Å². The van der Waals surface area contributed by atoms with Crippen molar-refractivity contribution in [2.24, 2.45) is 0 Å². The summed E-state index contributed by atoms with van der Waals surface area (Å²) >= 11 is 0. The number of carbonyl (C=O) groups is 1. The zero-order chi connectivity index (χ0) is 7.72. The Morgan fingerprint density at radius 2 is 2.20 bits per heavy atom. The second kappa shape index (κ2) is 2.09. The predicted octanol–water partition coefficient (Wildman–Crippen LogP) is 0.991. The van der Waals surface area contributed by atoms with Gasteiger partial charge in [0.1, 0.15) is 5.69 Å². The van der Waals surface area contributed by atoms with Crippen LogP contribution in [0.3, 0.4) is 0 Å². The third-order valence-corrected chi connectivity index (χ3v) is 0.956. The molecule has 5 heteroatoms. The first-order valence-electron chi connectivity index (χ1n) is 2.38. The second-order valence-electron chi connectivity index (χ2n) is 1.65. The molecule has 2 N–H and O–H groups in total.